The van der Waals surface area contributed by atoms with E-state index in [2.05, 4.69) is 44.0 Å². The summed E-state index contributed by atoms with van der Waals surface area (Å²) in [4.78, 5) is 2.27. The molecule has 3 heteroatoms. The molecule has 1 aromatic carbocycles. The number of rotatable bonds is 4. The van der Waals surface area contributed by atoms with E-state index in [4.69, 9.17) is 0 Å². The maximum Gasteiger partial charge on any atom is 0.146 e. The Morgan fingerprint density at radius 3 is 2.85 bits per heavy atom. The lowest BCUT2D eigenvalue weighted by atomic mass is 9.90. The molecule has 0 saturated carbocycles. The van der Waals surface area contributed by atoms with Gasteiger partial charge in [0.1, 0.15) is 5.82 Å². The van der Waals surface area contributed by atoms with E-state index >= 15 is 0 Å². The van der Waals surface area contributed by atoms with Crippen LogP contribution in [0.25, 0.3) is 0 Å². The molecule has 2 rings (SSSR count). The van der Waals surface area contributed by atoms with Crippen molar-refractivity contribution in [3.8, 4) is 0 Å². The molecule has 112 valence electrons. The zero-order chi connectivity index (χ0) is 14.7. The van der Waals surface area contributed by atoms with Gasteiger partial charge in [-0.1, -0.05) is 26.0 Å². The van der Waals surface area contributed by atoms with Gasteiger partial charge in [0.25, 0.3) is 0 Å². The Hall–Kier alpha value is -1.09. The van der Waals surface area contributed by atoms with Gasteiger partial charge in [-0.3, -0.25) is 0 Å². The Bertz CT molecular complexity index is 447. The van der Waals surface area contributed by atoms with Gasteiger partial charge in [-0.2, -0.15) is 0 Å². The van der Waals surface area contributed by atoms with E-state index in [-0.39, 0.29) is 11.9 Å². The van der Waals surface area contributed by atoms with Gasteiger partial charge in [-0.05, 0) is 50.8 Å². The number of nitrogens with one attached hydrogen (secondary N) is 1. The van der Waals surface area contributed by atoms with Gasteiger partial charge in [0.2, 0.25) is 0 Å². The number of hydrogen-bond acceptors (Lipinski definition) is 2. The molecule has 20 heavy (non-hydrogen) atoms. The van der Waals surface area contributed by atoms with Crippen LogP contribution in [0.4, 0.5) is 10.1 Å². The SMILES string of the molecule is CCNC(C)c1cccc(F)c1N1CCCC(C)C1C. The molecule has 0 spiro atoms. The zero-order valence-electron chi connectivity index (χ0n) is 13.1. The summed E-state index contributed by atoms with van der Waals surface area (Å²) in [6.07, 6.45) is 2.39. The fraction of sp³-hybridized carbons (Fsp3) is 0.647. The topological polar surface area (TPSA) is 15.3 Å². The second kappa shape index (κ2) is 6.57. The first-order valence-corrected chi connectivity index (χ1v) is 7.84. The fourth-order valence-electron chi connectivity index (χ4n) is 3.25. The minimum atomic E-state index is -0.0896. The Balaban J connectivity index is 2.38. The first-order valence-electron chi connectivity index (χ1n) is 7.84. The summed E-state index contributed by atoms with van der Waals surface area (Å²) in [5, 5.41) is 3.40. The maximum atomic E-state index is 14.5. The maximum absolute atomic E-state index is 14.5. The van der Waals surface area contributed by atoms with Gasteiger partial charge in [0.15, 0.2) is 0 Å². The van der Waals surface area contributed by atoms with E-state index in [0.717, 1.165) is 30.8 Å². The summed E-state index contributed by atoms with van der Waals surface area (Å²) in [5.74, 6) is 0.527. The molecule has 1 aromatic rings. The van der Waals surface area contributed by atoms with E-state index in [1.54, 1.807) is 6.07 Å². The van der Waals surface area contributed by atoms with Crippen molar-refractivity contribution in [2.45, 2.75) is 52.6 Å². The van der Waals surface area contributed by atoms with Gasteiger partial charge in [0.05, 0.1) is 5.69 Å². The summed E-state index contributed by atoms with van der Waals surface area (Å²) < 4.78 is 14.5. The smallest absolute Gasteiger partial charge is 0.146 e. The van der Waals surface area contributed by atoms with Crippen molar-refractivity contribution in [2.75, 3.05) is 18.0 Å². The van der Waals surface area contributed by atoms with Crippen LogP contribution in [0.15, 0.2) is 18.2 Å². The van der Waals surface area contributed by atoms with Crippen LogP contribution in [0.1, 0.15) is 52.1 Å². The number of piperidine rings is 1. The van der Waals surface area contributed by atoms with Gasteiger partial charge in [-0.15, -0.1) is 0 Å². The first kappa shape index (κ1) is 15.3. The van der Waals surface area contributed by atoms with Crippen molar-refractivity contribution >= 4 is 5.69 Å². The molecule has 3 unspecified atom stereocenters. The van der Waals surface area contributed by atoms with Crippen molar-refractivity contribution in [3.63, 3.8) is 0 Å². The largest absolute Gasteiger partial charge is 0.366 e. The molecule has 1 heterocycles. The van der Waals surface area contributed by atoms with Crippen molar-refractivity contribution in [1.82, 2.24) is 5.32 Å². The van der Waals surface area contributed by atoms with E-state index in [1.807, 2.05) is 6.07 Å². The number of nitrogens with zero attached hydrogens (tertiary/aromatic N) is 1. The molecule has 1 aliphatic heterocycles. The van der Waals surface area contributed by atoms with Crippen LogP contribution in [-0.4, -0.2) is 19.1 Å². The van der Waals surface area contributed by atoms with Crippen LogP contribution < -0.4 is 10.2 Å². The average Bonchev–Trinajstić information content (AvgIpc) is 2.42. The molecule has 1 saturated heterocycles. The summed E-state index contributed by atoms with van der Waals surface area (Å²) in [7, 11) is 0. The van der Waals surface area contributed by atoms with Crippen molar-refractivity contribution in [3.05, 3.63) is 29.6 Å². The normalized spacial score (nSPS) is 24.8. The van der Waals surface area contributed by atoms with Gasteiger partial charge < -0.3 is 10.2 Å². The predicted octanol–water partition coefficient (Wildman–Crippen LogP) is 4.12. The predicted molar refractivity (Wildman–Crippen MR) is 83.7 cm³/mol. The summed E-state index contributed by atoms with van der Waals surface area (Å²) >= 11 is 0. The van der Waals surface area contributed by atoms with E-state index in [9.17, 15) is 4.39 Å². The third kappa shape index (κ3) is 2.98. The molecule has 3 atom stereocenters. The Kier molecular flexibility index (Phi) is 5.03. The molecule has 1 aliphatic rings. The first-order chi connectivity index (χ1) is 9.56. The van der Waals surface area contributed by atoms with E-state index in [0.29, 0.717) is 12.0 Å². The molecule has 1 fully saturated rings. The molecule has 0 aromatic heterocycles. The number of para-hydroxylation sites is 1. The summed E-state index contributed by atoms with van der Waals surface area (Å²) in [5.41, 5.74) is 1.88. The zero-order valence-corrected chi connectivity index (χ0v) is 13.1. The number of halogens is 1. The Morgan fingerprint density at radius 2 is 2.15 bits per heavy atom. The summed E-state index contributed by atoms with van der Waals surface area (Å²) in [6.45, 7) is 10.5. The highest BCUT2D eigenvalue weighted by molar-refractivity contribution is 5.57. The number of benzene rings is 1. The lowest BCUT2D eigenvalue weighted by molar-refractivity contribution is 0.359. The van der Waals surface area contributed by atoms with E-state index in [1.165, 1.54) is 6.42 Å². The Labute approximate surface area is 122 Å². The molecule has 0 bridgehead atoms. The number of anilines is 1. The lowest BCUT2D eigenvalue weighted by Gasteiger charge is -2.41. The van der Waals surface area contributed by atoms with Gasteiger partial charge >= 0.3 is 0 Å². The van der Waals surface area contributed by atoms with Crippen LogP contribution in [0.5, 0.6) is 0 Å². The average molecular weight is 278 g/mol. The quantitative estimate of drug-likeness (QED) is 0.891. The van der Waals surface area contributed by atoms with Crippen LogP contribution in [0, 0.1) is 11.7 Å². The van der Waals surface area contributed by atoms with Crippen molar-refractivity contribution < 1.29 is 4.39 Å². The molecular weight excluding hydrogens is 251 g/mol. The van der Waals surface area contributed by atoms with Gasteiger partial charge in [0, 0.05) is 18.6 Å². The molecule has 0 radical (unpaired) electrons. The van der Waals surface area contributed by atoms with Crippen LogP contribution in [-0.2, 0) is 0 Å². The van der Waals surface area contributed by atoms with Crippen LogP contribution in [0.3, 0.4) is 0 Å². The third-order valence-electron chi connectivity index (χ3n) is 4.66. The standard InChI is InChI=1S/C17H27FN2/c1-5-19-13(3)15-9-6-10-16(18)17(15)20-11-7-8-12(2)14(20)4/h6,9-10,12-14,19H,5,7-8,11H2,1-4H3. The second-order valence-corrected chi connectivity index (χ2v) is 6.01. The molecule has 1 N–H and O–H groups in total. The molecule has 0 aliphatic carbocycles. The molecule has 0 amide bonds. The highest BCUT2D eigenvalue weighted by atomic mass is 19.1. The number of hydrogen-bond donors (Lipinski definition) is 1. The highest BCUT2D eigenvalue weighted by Crippen LogP contribution is 2.35. The minimum absolute atomic E-state index is 0.0896. The fourth-order valence-corrected chi connectivity index (χ4v) is 3.25. The molecular formula is C17H27FN2. The monoisotopic (exact) mass is 278 g/mol. The lowest BCUT2D eigenvalue weighted by Crippen LogP contribution is -2.43. The van der Waals surface area contributed by atoms with Crippen molar-refractivity contribution in [2.24, 2.45) is 5.92 Å². The van der Waals surface area contributed by atoms with Crippen LogP contribution >= 0.6 is 0 Å². The Morgan fingerprint density at radius 1 is 1.40 bits per heavy atom. The van der Waals surface area contributed by atoms with Crippen LogP contribution in [0.2, 0.25) is 0 Å². The highest BCUT2D eigenvalue weighted by Gasteiger charge is 2.29. The summed E-state index contributed by atoms with van der Waals surface area (Å²) in [6, 6.07) is 6.03. The van der Waals surface area contributed by atoms with Crippen molar-refractivity contribution in [1.29, 1.82) is 0 Å². The minimum Gasteiger partial charge on any atom is -0.366 e. The second-order valence-electron chi connectivity index (χ2n) is 6.01. The van der Waals surface area contributed by atoms with E-state index < -0.39 is 0 Å². The van der Waals surface area contributed by atoms with Gasteiger partial charge in [-0.25, -0.2) is 4.39 Å². The third-order valence-corrected chi connectivity index (χ3v) is 4.66. The molecule has 2 nitrogen and oxygen atoms in total.